The molecular weight excluding hydrogens is 338 g/mol. The Labute approximate surface area is 147 Å². The van der Waals surface area contributed by atoms with Crippen molar-refractivity contribution in [2.45, 2.75) is 17.4 Å². The largest absolute Gasteiger partial charge is 0.495 e. The zero-order chi connectivity index (χ0) is 17.4. The SMILES string of the molecule is COc1ccccc1N1CCC(N=C2NS(=O)(=O)c3ccccc32)C1. The van der Waals surface area contributed by atoms with Gasteiger partial charge in [-0.3, -0.25) is 9.71 Å². The summed E-state index contributed by atoms with van der Waals surface area (Å²) in [5.41, 5.74) is 1.69. The molecule has 1 unspecified atom stereocenters. The fraction of sp³-hybridized carbons (Fsp3) is 0.278. The molecule has 0 aromatic heterocycles. The Morgan fingerprint density at radius 2 is 1.92 bits per heavy atom. The first-order chi connectivity index (χ1) is 12.1. The van der Waals surface area contributed by atoms with Crippen LogP contribution in [-0.4, -0.2) is 40.5 Å². The first-order valence-electron chi connectivity index (χ1n) is 8.16. The van der Waals surface area contributed by atoms with E-state index in [-0.39, 0.29) is 6.04 Å². The third-order valence-electron chi connectivity index (χ3n) is 4.56. The van der Waals surface area contributed by atoms with Gasteiger partial charge >= 0.3 is 0 Å². The summed E-state index contributed by atoms with van der Waals surface area (Å²) < 4.78 is 32.4. The van der Waals surface area contributed by atoms with E-state index < -0.39 is 10.0 Å². The van der Waals surface area contributed by atoms with Crippen LogP contribution in [0.25, 0.3) is 0 Å². The van der Waals surface area contributed by atoms with Gasteiger partial charge in [-0.15, -0.1) is 0 Å². The molecule has 2 aliphatic rings. The Hall–Kier alpha value is -2.54. The van der Waals surface area contributed by atoms with Crippen LogP contribution in [0, 0.1) is 0 Å². The van der Waals surface area contributed by atoms with Crippen LogP contribution in [0.3, 0.4) is 0 Å². The lowest BCUT2D eigenvalue weighted by Crippen LogP contribution is -2.26. The smallest absolute Gasteiger partial charge is 0.263 e. The number of hydrogen-bond donors (Lipinski definition) is 1. The highest BCUT2D eigenvalue weighted by molar-refractivity contribution is 7.90. The van der Waals surface area contributed by atoms with Crippen LogP contribution in [-0.2, 0) is 10.0 Å². The van der Waals surface area contributed by atoms with E-state index in [1.54, 1.807) is 25.3 Å². The lowest BCUT2D eigenvalue weighted by molar-refractivity contribution is 0.415. The average Bonchev–Trinajstić information content (AvgIpc) is 3.18. The minimum absolute atomic E-state index is 0.0359. The van der Waals surface area contributed by atoms with Gasteiger partial charge in [0.15, 0.2) is 0 Å². The molecule has 130 valence electrons. The monoisotopic (exact) mass is 357 g/mol. The summed E-state index contributed by atoms with van der Waals surface area (Å²) in [6.45, 7) is 1.59. The second kappa shape index (κ2) is 6.07. The third-order valence-corrected chi connectivity index (χ3v) is 5.96. The summed E-state index contributed by atoms with van der Waals surface area (Å²) in [6, 6.07) is 14.9. The van der Waals surface area contributed by atoms with Gasteiger partial charge in [-0.2, -0.15) is 0 Å². The van der Waals surface area contributed by atoms with Crippen molar-refractivity contribution < 1.29 is 13.2 Å². The van der Waals surface area contributed by atoms with E-state index in [0.717, 1.165) is 30.9 Å². The number of aliphatic imine (C=N–C) groups is 1. The van der Waals surface area contributed by atoms with Crippen molar-refractivity contribution in [2.24, 2.45) is 4.99 Å². The quantitative estimate of drug-likeness (QED) is 0.912. The molecule has 0 saturated carbocycles. The normalized spacial score (nSPS) is 22.7. The van der Waals surface area contributed by atoms with Crippen molar-refractivity contribution in [1.29, 1.82) is 0 Å². The average molecular weight is 357 g/mol. The Balaban J connectivity index is 1.59. The van der Waals surface area contributed by atoms with Crippen LogP contribution in [0.2, 0.25) is 0 Å². The first kappa shape index (κ1) is 16.0. The topological polar surface area (TPSA) is 71.0 Å². The van der Waals surface area contributed by atoms with Gasteiger partial charge in [0.05, 0.1) is 23.7 Å². The highest BCUT2D eigenvalue weighted by Crippen LogP contribution is 2.31. The van der Waals surface area contributed by atoms with E-state index in [4.69, 9.17) is 4.74 Å². The Morgan fingerprint density at radius 1 is 1.16 bits per heavy atom. The molecule has 1 N–H and O–H groups in total. The summed E-state index contributed by atoms with van der Waals surface area (Å²) in [7, 11) is -1.82. The molecule has 1 saturated heterocycles. The van der Waals surface area contributed by atoms with Crippen LogP contribution < -0.4 is 14.4 Å². The van der Waals surface area contributed by atoms with E-state index in [2.05, 4.69) is 14.6 Å². The number of rotatable bonds is 3. The van der Waals surface area contributed by atoms with Crippen molar-refractivity contribution in [3.8, 4) is 5.75 Å². The second-order valence-electron chi connectivity index (χ2n) is 6.14. The molecule has 2 heterocycles. The molecule has 2 aliphatic heterocycles. The molecule has 7 heteroatoms. The van der Waals surface area contributed by atoms with Gasteiger partial charge in [0, 0.05) is 18.7 Å². The lowest BCUT2D eigenvalue weighted by atomic mass is 10.2. The zero-order valence-corrected chi connectivity index (χ0v) is 14.7. The summed E-state index contributed by atoms with van der Waals surface area (Å²) >= 11 is 0. The van der Waals surface area contributed by atoms with Crippen molar-refractivity contribution >= 4 is 21.5 Å². The van der Waals surface area contributed by atoms with E-state index in [0.29, 0.717) is 16.3 Å². The van der Waals surface area contributed by atoms with E-state index in [9.17, 15) is 8.42 Å². The molecule has 0 aliphatic carbocycles. The molecule has 0 spiro atoms. The standard InChI is InChI=1S/C18H19N3O3S/c1-24-16-8-4-3-7-15(16)21-11-10-13(12-21)19-18-14-6-2-5-9-17(14)25(22,23)20-18/h2-9,13H,10-12H2,1H3,(H,19,20). The maximum Gasteiger partial charge on any atom is 0.263 e. The summed E-state index contributed by atoms with van der Waals surface area (Å²) in [4.78, 5) is 7.21. The highest BCUT2D eigenvalue weighted by Gasteiger charge is 2.32. The van der Waals surface area contributed by atoms with Gasteiger partial charge < -0.3 is 9.64 Å². The van der Waals surface area contributed by atoms with Gasteiger partial charge in [-0.05, 0) is 30.7 Å². The van der Waals surface area contributed by atoms with Crippen LogP contribution in [0.5, 0.6) is 5.75 Å². The highest BCUT2D eigenvalue weighted by atomic mass is 32.2. The minimum Gasteiger partial charge on any atom is -0.495 e. The number of nitrogens with one attached hydrogen (secondary N) is 1. The predicted octanol–water partition coefficient (Wildman–Crippen LogP) is 2.01. The molecule has 1 atom stereocenters. The molecule has 0 bridgehead atoms. The molecule has 2 aromatic rings. The number of anilines is 1. The molecule has 0 radical (unpaired) electrons. The van der Waals surface area contributed by atoms with Crippen molar-refractivity contribution in [2.75, 3.05) is 25.1 Å². The number of fused-ring (bicyclic) bond motifs is 1. The van der Waals surface area contributed by atoms with Crippen molar-refractivity contribution in [3.05, 3.63) is 54.1 Å². The first-order valence-corrected chi connectivity index (χ1v) is 9.65. The maximum absolute atomic E-state index is 12.2. The summed E-state index contributed by atoms with van der Waals surface area (Å²) in [5.74, 6) is 1.28. The van der Waals surface area contributed by atoms with Gasteiger partial charge in [0.1, 0.15) is 11.6 Å². The van der Waals surface area contributed by atoms with Gasteiger partial charge in [-0.1, -0.05) is 24.3 Å². The summed E-state index contributed by atoms with van der Waals surface area (Å²) in [6.07, 6.45) is 0.867. The van der Waals surface area contributed by atoms with Crippen LogP contribution in [0.4, 0.5) is 5.69 Å². The van der Waals surface area contributed by atoms with Crippen LogP contribution >= 0.6 is 0 Å². The fourth-order valence-corrected chi connectivity index (χ4v) is 4.61. The van der Waals surface area contributed by atoms with Crippen molar-refractivity contribution in [1.82, 2.24) is 4.72 Å². The fourth-order valence-electron chi connectivity index (χ4n) is 3.37. The number of para-hydroxylation sites is 2. The number of methoxy groups -OCH3 is 1. The van der Waals surface area contributed by atoms with E-state index in [1.165, 1.54) is 0 Å². The summed E-state index contributed by atoms with van der Waals surface area (Å²) in [5, 5.41) is 0. The molecule has 1 fully saturated rings. The van der Waals surface area contributed by atoms with Gasteiger partial charge in [-0.25, -0.2) is 8.42 Å². The van der Waals surface area contributed by atoms with Crippen LogP contribution in [0.1, 0.15) is 12.0 Å². The number of ether oxygens (including phenoxy) is 1. The Kier molecular flexibility index (Phi) is 3.88. The zero-order valence-electron chi connectivity index (χ0n) is 13.8. The van der Waals surface area contributed by atoms with Crippen molar-refractivity contribution in [3.63, 3.8) is 0 Å². The molecule has 2 aromatic carbocycles. The van der Waals surface area contributed by atoms with Gasteiger partial charge in [0.25, 0.3) is 10.0 Å². The number of amidine groups is 1. The molecule has 6 nitrogen and oxygen atoms in total. The molecular formula is C18H19N3O3S. The molecule has 0 amide bonds. The number of sulfonamides is 1. The molecule has 25 heavy (non-hydrogen) atoms. The lowest BCUT2D eigenvalue weighted by Gasteiger charge is -2.20. The number of hydrogen-bond acceptors (Lipinski definition) is 5. The third kappa shape index (κ3) is 2.84. The van der Waals surface area contributed by atoms with Crippen LogP contribution in [0.15, 0.2) is 58.4 Å². The maximum atomic E-state index is 12.2. The number of nitrogens with zero attached hydrogens (tertiary/aromatic N) is 2. The predicted molar refractivity (Wildman–Crippen MR) is 96.9 cm³/mol. The Morgan fingerprint density at radius 3 is 2.76 bits per heavy atom. The number of benzene rings is 2. The second-order valence-corrected chi connectivity index (χ2v) is 7.79. The minimum atomic E-state index is -3.49. The van der Waals surface area contributed by atoms with Gasteiger partial charge in [0.2, 0.25) is 0 Å². The van der Waals surface area contributed by atoms with E-state index in [1.807, 2.05) is 30.3 Å². The molecule has 4 rings (SSSR count). The van der Waals surface area contributed by atoms with E-state index >= 15 is 0 Å². The Bertz CT molecular complexity index is 940.